The molecule has 0 radical (unpaired) electrons. The first-order valence-electron chi connectivity index (χ1n) is 6.48. The lowest BCUT2D eigenvalue weighted by Gasteiger charge is -2.06. The summed E-state index contributed by atoms with van der Waals surface area (Å²) in [6.45, 7) is 2.04. The summed E-state index contributed by atoms with van der Waals surface area (Å²) in [7, 11) is 0. The highest BCUT2D eigenvalue weighted by atomic mass is 35.5. The highest BCUT2D eigenvalue weighted by Crippen LogP contribution is 2.21. The topological polar surface area (TPSA) is 85.8 Å². The molecule has 0 aliphatic rings. The van der Waals surface area contributed by atoms with Crippen molar-refractivity contribution in [2.45, 2.75) is 24.9 Å². The summed E-state index contributed by atoms with van der Waals surface area (Å²) in [5, 5.41) is 11.7. The van der Waals surface area contributed by atoms with Crippen molar-refractivity contribution in [3.05, 3.63) is 35.1 Å². The van der Waals surface area contributed by atoms with Gasteiger partial charge in [-0.15, -0.1) is 10.2 Å². The van der Waals surface area contributed by atoms with Crippen molar-refractivity contribution < 1.29 is 4.79 Å². The van der Waals surface area contributed by atoms with Crippen LogP contribution in [0.25, 0.3) is 0 Å². The van der Waals surface area contributed by atoms with Gasteiger partial charge in [-0.05, 0) is 18.6 Å². The van der Waals surface area contributed by atoms with Crippen molar-refractivity contribution in [3.63, 3.8) is 0 Å². The molecule has 0 fully saturated rings. The third kappa shape index (κ3) is 4.12. The number of hydrogen-bond donors (Lipinski definition) is 2. The Balaban J connectivity index is 1.91. The van der Waals surface area contributed by atoms with Gasteiger partial charge in [0.05, 0.1) is 16.5 Å². The largest absolute Gasteiger partial charge is 0.336 e. The predicted molar refractivity (Wildman–Crippen MR) is 85.0 cm³/mol. The molecule has 1 amide bonds. The maximum atomic E-state index is 11.9. The average molecular weight is 326 g/mol. The first kappa shape index (κ1) is 15.7. The number of nitrogens with two attached hydrogens (primary N) is 1. The van der Waals surface area contributed by atoms with Crippen LogP contribution in [0.1, 0.15) is 19.2 Å². The molecule has 0 saturated heterocycles. The molecule has 6 nitrogen and oxygen atoms in total. The molecule has 1 aromatic heterocycles. The molecule has 112 valence electrons. The zero-order valence-corrected chi connectivity index (χ0v) is 13.1. The minimum atomic E-state index is -0.173. The van der Waals surface area contributed by atoms with Gasteiger partial charge in [0.1, 0.15) is 0 Å². The third-order valence-corrected chi connectivity index (χ3v) is 3.96. The van der Waals surface area contributed by atoms with E-state index in [2.05, 4.69) is 15.5 Å². The Labute approximate surface area is 132 Å². The maximum Gasteiger partial charge on any atom is 0.234 e. The van der Waals surface area contributed by atoms with Gasteiger partial charge >= 0.3 is 0 Å². The van der Waals surface area contributed by atoms with E-state index in [4.69, 9.17) is 17.4 Å². The molecule has 1 aromatic carbocycles. The van der Waals surface area contributed by atoms with Crippen LogP contribution in [0.4, 0.5) is 5.69 Å². The van der Waals surface area contributed by atoms with Gasteiger partial charge in [0, 0.05) is 6.42 Å². The molecule has 0 bridgehead atoms. The number of nitrogens with zero attached hydrogens (tertiary/aromatic N) is 3. The summed E-state index contributed by atoms with van der Waals surface area (Å²) in [6.07, 6.45) is 1.70. The standard InChI is InChI=1S/C13H16ClN5OS/c1-2-5-11-17-18-13(19(11)15)21-8-12(20)16-10-7-4-3-6-9(10)14/h3-4,6-7H,2,5,8,15H2,1H3,(H,16,20). The van der Waals surface area contributed by atoms with Gasteiger partial charge in [0.2, 0.25) is 11.1 Å². The smallest absolute Gasteiger partial charge is 0.234 e. The van der Waals surface area contributed by atoms with Crippen molar-refractivity contribution in [3.8, 4) is 0 Å². The lowest BCUT2D eigenvalue weighted by Crippen LogP contribution is -2.17. The zero-order valence-electron chi connectivity index (χ0n) is 11.5. The van der Waals surface area contributed by atoms with Crippen LogP contribution < -0.4 is 11.2 Å². The number of carbonyl (C=O) groups excluding carboxylic acids is 1. The van der Waals surface area contributed by atoms with Gasteiger partial charge in [0.15, 0.2) is 5.82 Å². The second-order valence-corrected chi connectivity index (χ2v) is 5.69. The molecular weight excluding hydrogens is 310 g/mol. The highest BCUT2D eigenvalue weighted by molar-refractivity contribution is 7.99. The Morgan fingerprint density at radius 2 is 2.19 bits per heavy atom. The second kappa shape index (κ2) is 7.33. The normalized spacial score (nSPS) is 10.6. The number of para-hydroxylation sites is 1. The van der Waals surface area contributed by atoms with Crippen molar-refractivity contribution >= 4 is 35.0 Å². The Hall–Kier alpha value is -1.73. The molecule has 2 aromatic rings. The van der Waals surface area contributed by atoms with Crippen LogP contribution in [-0.4, -0.2) is 26.5 Å². The summed E-state index contributed by atoms with van der Waals surface area (Å²) in [5.74, 6) is 6.60. The molecular formula is C13H16ClN5OS. The monoisotopic (exact) mass is 325 g/mol. The first-order valence-corrected chi connectivity index (χ1v) is 7.84. The van der Waals surface area contributed by atoms with Crippen molar-refractivity contribution in [1.29, 1.82) is 0 Å². The molecule has 2 rings (SSSR count). The fraction of sp³-hybridized carbons (Fsp3) is 0.308. The number of aryl methyl sites for hydroxylation is 1. The number of anilines is 1. The van der Waals surface area contributed by atoms with Crippen molar-refractivity contribution in [2.24, 2.45) is 0 Å². The van der Waals surface area contributed by atoms with Gasteiger partial charge in [-0.25, -0.2) is 4.68 Å². The number of halogens is 1. The molecule has 0 atom stereocenters. The van der Waals surface area contributed by atoms with E-state index in [-0.39, 0.29) is 11.7 Å². The quantitative estimate of drug-likeness (QED) is 0.629. The molecule has 21 heavy (non-hydrogen) atoms. The van der Waals surface area contributed by atoms with E-state index in [9.17, 15) is 4.79 Å². The number of amides is 1. The van der Waals surface area contributed by atoms with E-state index in [0.29, 0.717) is 21.7 Å². The Morgan fingerprint density at radius 3 is 2.90 bits per heavy atom. The SMILES string of the molecule is CCCc1nnc(SCC(=O)Nc2ccccc2Cl)n1N. The molecule has 0 spiro atoms. The number of aromatic nitrogens is 3. The minimum Gasteiger partial charge on any atom is -0.336 e. The molecule has 3 N–H and O–H groups in total. The predicted octanol–water partition coefficient (Wildman–Crippen LogP) is 2.33. The van der Waals surface area contributed by atoms with Gasteiger partial charge in [-0.1, -0.05) is 42.4 Å². The van der Waals surface area contributed by atoms with Crippen LogP contribution >= 0.6 is 23.4 Å². The first-order chi connectivity index (χ1) is 10.1. The number of nitrogen functional groups attached to an aromatic ring is 1. The van der Waals surface area contributed by atoms with Crippen LogP contribution in [-0.2, 0) is 11.2 Å². The number of benzene rings is 1. The second-order valence-electron chi connectivity index (χ2n) is 4.34. The summed E-state index contributed by atoms with van der Waals surface area (Å²) in [4.78, 5) is 11.9. The summed E-state index contributed by atoms with van der Waals surface area (Å²) in [5.41, 5.74) is 0.589. The number of thioether (sulfide) groups is 1. The summed E-state index contributed by atoms with van der Waals surface area (Å²) in [6, 6.07) is 7.08. The van der Waals surface area contributed by atoms with Crippen LogP contribution in [0.2, 0.25) is 5.02 Å². The fourth-order valence-electron chi connectivity index (χ4n) is 1.68. The van der Waals surface area contributed by atoms with E-state index < -0.39 is 0 Å². The van der Waals surface area contributed by atoms with Crippen LogP contribution in [0, 0.1) is 0 Å². The number of carbonyl (C=O) groups is 1. The molecule has 1 heterocycles. The van der Waals surface area contributed by atoms with Crippen LogP contribution in [0.15, 0.2) is 29.4 Å². The minimum absolute atomic E-state index is 0.173. The van der Waals surface area contributed by atoms with Gasteiger partial charge < -0.3 is 11.2 Å². The number of nitrogens with one attached hydrogen (secondary N) is 1. The number of rotatable bonds is 6. The van der Waals surface area contributed by atoms with E-state index >= 15 is 0 Å². The maximum absolute atomic E-state index is 11.9. The molecule has 0 saturated carbocycles. The average Bonchev–Trinajstić information content (AvgIpc) is 2.81. The fourth-order valence-corrected chi connectivity index (χ4v) is 2.54. The van der Waals surface area contributed by atoms with E-state index in [1.807, 2.05) is 13.0 Å². The van der Waals surface area contributed by atoms with Gasteiger partial charge in [-0.2, -0.15) is 0 Å². The van der Waals surface area contributed by atoms with Crippen molar-refractivity contribution in [2.75, 3.05) is 16.9 Å². The summed E-state index contributed by atoms with van der Waals surface area (Å²) < 4.78 is 1.43. The molecule has 0 unspecified atom stereocenters. The van der Waals surface area contributed by atoms with Gasteiger partial charge in [0.25, 0.3) is 0 Å². The van der Waals surface area contributed by atoms with Gasteiger partial charge in [-0.3, -0.25) is 4.79 Å². The highest BCUT2D eigenvalue weighted by Gasteiger charge is 2.12. The zero-order chi connectivity index (χ0) is 15.2. The van der Waals surface area contributed by atoms with E-state index in [1.54, 1.807) is 18.2 Å². The van der Waals surface area contributed by atoms with Crippen molar-refractivity contribution in [1.82, 2.24) is 14.9 Å². The molecule has 0 aliphatic carbocycles. The molecule has 8 heteroatoms. The Kier molecular flexibility index (Phi) is 5.46. The van der Waals surface area contributed by atoms with Crippen LogP contribution in [0.3, 0.4) is 0 Å². The van der Waals surface area contributed by atoms with Crippen LogP contribution in [0.5, 0.6) is 0 Å². The lowest BCUT2D eigenvalue weighted by atomic mass is 10.3. The van der Waals surface area contributed by atoms with E-state index in [0.717, 1.165) is 12.8 Å². The lowest BCUT2D eigenvalue weighted by molar-refractivity contribution is -0.113. The number of hydrogen-bond acceptors (Lipinski definition) is 5. The Bertz CT molecular complexity index is 631. The van der Waals surface area contributed by atoms with E-state index in [1.165, 1.54) is 16.4 Å². The Morgan fingerprint density at radius 1 is 1.43 bits per heavy atom. The summed E-state index contributed by atoms with van der Waals surface area (Å²) >= 11 is 7.22. The molecule has 0 aliphatic heterocycles. The third-order valence-electron chi connectivity index (χ3n) is 2.69.